The highest BCUT2D eigenvalue weighted by molar-refractivity contribution is 7.15. The Bertz CT molecular complexity index is 1220. The number of piperidine rings is 1. The molecular formula is C23H23F2N5S. The van der Waals surface area contributed by atoms with Crippen LogP contribution in [0.5, 0.6) is 0 Å². The van der Waals surface area contributed by atoms with Gasteiger partial charge in [0.15, 0.2) is 0 Å². The number of imidazole rings is 1. The van der Waals surface area contributed by atoms with E-state index in [1.165, 1.54) is 12.1 Å². The summed E-state index contributed by atoms with van der Waals surface area (Å²) in [5.41, 5.74) is 9.45. The monoisotopic (exact) mass is 439 g/mol. The summed E-state index contributed by atoms with van der Waals surface area (Å²) in [5.74, 6) is 0.361. The Morgan fingerprint density at radius 2 is 1.97 bits per heavy atom. The number of hydrogen-bond acceptors (Lipinski definition) is 5. The molecule has 1 saturated heterocycles. The zero-order valence-electron chi connectivity index (χ0n) is 17.1. The summed E-state index contributed by atoms with van der Waals surface area (Å²) < 4.78 is 29.9. The van der Waals surface area contributed by atoms with Gasteiger partial charge in [-0.25, -0.2) is 18.7 Å². The lowest BCUT2D eigenvalue weighted by molar-refractivity contribution is 0.243. The van der Waals surface area contributed by atoms with Gasteiger partial charge in [0.25, 0.3) is 0 Å². The van der Waals surface area contributed by atoms with Crippen LogP contribution in [-0.4, -0.2) is 39.8 Å². The lowest BCUT2D eigenvalue weighted by Gasteiger charge is -2.34. The van der Waals surface area contributed by atoms with E-state index < -0.39 is 12.2 Å². The van der Waals surface area contributed by atoms with E-state index >= 15 is 0 Å². The molecule has 2 N–H and O–H groups in total. The molecule has 31 heavy (non-hydrogen) atoms. The predicted molar refractivity (Wildman–Crippen MR) is 121 cm³/mol. The average molecular weight is 440 g/mol. The van der Waals surface area contributed by atoms with E-state index in [1.807, 2.05) is 42.2 Å². The van der Waals surface area contributed by atoms with Crippen LogP contribution < -0.4 is 10.6 Å². The van der Waals surface area contributed by atoms with Gasteiger partial charge >= 0.3 is 0 Å². The van der Waals surface area contributed by atoms with E-state index in [0.717, 1.165) is 26.7 Å². The zero-order valence-corrected chi connectivity index (χ0v) is 17.9. The topological polar surface area (TPSA) is 60.0 Å². The van der Waals surface area contributed by atoms with Crippen molar-refractivity contribution in [1.29, 1.82) is 0 Å². The molecule has 2 aromatic carbocycles. The summed E-state index contributed by atoms with van der Waals surface area (Å²) in [5, 5.41) is 0.963. The van der Waals surface area contributed by atoms with Gasteiger partial charge in [-0.3, -0.25) is 0 Å². The summed E-state index contributed by atoms with van der Waals surface area (Å²) >= 11 is 1.64. The average Bonchev–Trinajstić information content (AvgIpc) is 3.31. The number of benzene rings is 2. The number of alkyl halides is 1. The third-order valence-electron chi connectivity index (χ3n) is 5.76. The number of halogens is 2. The van der Waals surface area contributed by atoms with Crippen molar-refractivity contribution in [2.75, 3.05) is 18.0 Å². The van der Waals surface area contributed by atoms with Crippen molar-refractivity contribution >= 4 is 28.3 Å². The molecule has 160 valence electrons. The van der Waals surface area contributed by atoms with Crippen molar-refractivity contribution in [3.63, 3.8) is 0 Å². The van der Waals surface area contributed by atoms with Crippen molar-refractivity contribution in [2.45, 2.75) is 32.1 Å². The molecule has 5 rings (SSSR count). The van der Waals surface area contributed by atoms with Crippen LogP contribution in [0.15, 0.2) is 48.5 Å². The Balaban J connectivity index is 1.56. The third kappa shape index (κ3) is 3.81. The van der Waals surface area contributed by atoms with E-state index in [2.05, 4.69) is 4.57 Å². The molecule has 0 spiro atoms. The second kappa shape index (κ2) is 8.01. The summed E-state index contributed by atoms with van der Waals surface area (Å²) in [7, 11) is 0. The maximum absolute atomic E-state index is 14.0. The van der Waals surface area contributed by atoms with Crippen LogP contribution in [0.1, 0.15) is 17.0 Å². The highest BCUT2D eigenvalue weighted by Crippen LogP contribution is 2.32. The first-order valence-electron chi connectivity index (χ1n) is 10.3. The summed E-state index contributed by atoms with van der Waals surface area (Å²) in [6, 6.07) is 14.1. The number of thiazole rings is 1. The van der Waals surface area contributed by atoms with Gasteiger partial charge in [-0.15, -0.1) is 11.3 Å². The number of aryl methyl sites for hydroxylation is 1. The van der Waals surface area contributed by atoms with Gasteiger partial charge in [0.2, 0.25) is 5.95 Å². The van der Waals surface area contributed by atoms with E-state index in [-0.39, 0.29) is 5.82 Å². The summed E-state index contributed by atoms with van der Waals surface area (Å²) in [4.78, 5) is 12.6. The highest BCUT2D eigenvalue weighted by atomic mass is 32.1. The lowest BCUT2D eigenvalue weighted by Crippen LogP contribution is -2.50. The second-order valence-electron chi connectivity index (χ2n) is 7.94. The molecule has 0 amide bonds. The molecule has 2 aromatic heterocycles. The van der Waals surface area contributed by atoms with E-state index in [4.69, 9.17) is 15.7 Å². The van der Waals surface area contributed by atoms with Crippen molar-refractivity contribution in [3.05, 3.63) is 64.9 Å². The molecule has 3 heterocycles. The summed E-state index contributed by atoms with van der Waals surface area (Å²) in [6.07, 6.45) is -0.653. The number of aromatic nitrogens is 3. The smallest absolute Gasteiger partial charge is 0.206 e. The number of nitrogens with two attached hydrogens (primary N) is 1. The van der Waals surface area contributed by atoms with E-state index in [0.29, 0.717) is 37.5 Å². The molecule has 2 atom stereocenters. The van der Waals surface area contributed by atoms with Crippen LogP contribution in [0.2, 0.25) is 0 Å². The van der Waals surface area contributed by atoms with Crippen molar-refractivity contribution in [3.8, 4) is 10.6 Å². The minimum Gasteiger partial charge on any atom is -0.340 e. The first-order valence-corrected chi connectivity index (χ1v) is 11.1. The van der Waals surface area contributed by atoms with E-state index in [1.54, 1.807) is 17.4 Å². The SMILES string of the molecule is Cc1nc(-c2ccccc2)sc1Cn1c(N2CC[C@@H](F)[C@H](N)C2)nc2cc(F)ccc21. The lowest BCUT2D eigenvalue weighted by atomic mass is 10.1. The van der Waals surface area contributed by atoms with Gasteiger partial charge in [0.1, 0.15) is 17.0 Å². The molecule has 0 bridgehead atoms. The van der Waals surface area contributed by atoms with Crippen LogP contribution in [0.25, 0.3) is 21.6 Å². The molecule has 1 aliphatic rings. The van der Waals surface area contributed by atoms with Gasteiger partial charge in [0.05, 0.1) is 29.3 Å². The molecule has 8 heteroatoms. The molecule has 0 aliphatic carbocycles. The fraction of sp³-hybridized carbons (Fsp3) is 0.304. The Kier molecular flexibility index (Phi) is 5.19. The van der Waals surface area contributed by atoms with Gasteiger partial charge in [-0.1, -0.05) is 30.3 Å². The largest absolute Gasteiger partial charge is 0.340 e. The molecule has 4 aromatic rings. The zero-order chi connectivity index (χ0) is 21.5. The summed E-state index contributed by atoms with van der Waals surface area (Å²) in [6.45, 7) is 3.46. The number of hydrogen-bond donors (Lipinski definition) is 1. The molecule has 0 unspecified atom stereocenters. The normalized spacial score (nSPS) is 19.3. The third-order valence-corrected chi connectivity index (χ3v) is 6.95. The minimum atomic E-state index is -1.01. The quantitative estimate of drug-likeness (QED) is 0.508. The molecule has 1 aliphatic heterocycles. The van der Waals surface area contributed by atoms with Crippen LogP contribution in [0.4, 0.5) is 14.7 Å². The minimum absolute atomic E-state index is 0.330. The van der Waals surface area contributed by atoms with Gasteiger partial charge in [-0.2, -0.15) is 0 Å². The second-order valence-corrected chi connectivity index (χ2v) is 9.02. The first kappa shape index (κ1) is 20.1. The van der Waals surface area contributed by atoms with Crippen molar-refractivity contribution < 1.29 is 8.78 Å². The van der Waals surface area contributed by atoms with Crippen LogP contribution in [0.3, 0.4) is 0 Å². The maximum Gasteiger partial charge on any atom is 0.206 e. The molecule has 5 nitrogen and oxygen atoms in total. The standard InChI is InChI=1S/C23H23F2N5S/c1-14-21(31-22(27-14)15-5-3-2-4-6-15)13-30-20-8-7-16(24)11-19(20)28-23(30)29-10-9-17(25)18(26)12-29/h2-8,11,17-18H,9-10,12-13,26H2,1H3/t17-,18-/m1/s1. The van der Waals surface area contributed by atoms with Crippen LogP contribution in [-0.2, 0) is 6.54 Å². The molecule has 0 saturated carbocycles. The van der Waals surface area contributed by atoms with Crippen molar-refractivity contribution in [1.82, 2.24) is 14.5 Å². The highest BCUT2D eigenvalue weighted by Gasteiger charge is 2.29. The fourth-order valence-corrected chi connectivity index (χ4v) is 5.10. The van der Waals surface area contributed by atoms with Crippen molar-refractivity contribution in [2.24, 2.45) is 5.73 Å². The van der Waals surface area contributed by atoms with E-state index in [9.17, 15) is 8.78 Å². The number of rotatable bonds is 4. The van der Waals surface area contributed by atoms with Crippen LogP contribution >= 0.6 is 11.3 Å². The Labute approximate surface area is 183 Å². The Morgan fingerprint density at radius 3 is 2.74 bits per heavy atom. The Hall–Kier alpha value is -2.84. The molecular weight excluding hydrogens is 416 g/mol. The predicted octanol–water partition coefficient (Wildman–Crippen LogP) is 4.53. The van der Waals surface area contributed by atoms with Gasteiger partial charge < -0.3 is 15.2 Å². The van der Waals surface area contributed by atoms with Gasteiger partial charge in [-0.05, 0) is 25.5 Å². The molecule has 0 radical (unpaired) electrons. The number of fused-ring (bicyclic) bond motifs is 1. The number of nitrogens with zero attached hydrogens (tertiary/aromatic N) is 4. The number of anilines is 1. The first-order chi connectivity index (χ1) is 15.0. The fourth-order valence-electron chi connectivity index (χ4n) is 4.05. The molecule has 1 fully saturated rings. The van der Waals surface area contributed by atoms with Gasteiger partial charge in [0, 0.05) is 29.6 Å². The maximum atomic E-state index is 14.0. The Morgan fingerprint density at radius 1 is 1.16 bits per heavy atom. The van der Waals surface area contributed by atoms with Crippen LogP contribution in [0, 0.1) is 12.7 Å².